The summed E-state index contributed by atoms with van der Waals surface area (Å²) in [6, 6.07) is 1.03. The Morgan fingerprint density at radius 2 is 2.32 bits per heavy atom. The fourth-order valence-electron chi connectivity index (χ4n) is 2.25. The first kappa shape index (κ1) is 15.8. The van der Waals surface area contributed by atoms with Gasteiger partial charge in [0.25, 0.3) is 5.91 Å². The third kappa shape index (κ3) is 3.36. The Morgan fingerprint density at radius 1 is 1.55 bits per heavy atom. The molecule has 0 aliphatic carbocycles. The Kier molecular flexibility index (Phi) is 4.98. The van der Waals surface area contributed by atoms with Crippen molar-refractivity contribution in [2.24, 2.45) is 7.05 Å². The molecule has 0 saturated heterocycles. The number of imidazole rings is 1. The van der Waals surface area contributed by atoms with Gasteiger partial charge in [-0.2, -0.15) is 0 Å². The van der Waals surface area contributed by atoms with Crippen LogP contribution in [0, 0.1) is 0 Å². The van der Waals surface area contributed by atoms with Crippen LogP contribution < -0.4 is 15.5 Å². The van der Waals surface area contributed by atoms with Crippen molar-refractivity contribution < 1.29 is 9.53 Å². The van der Waals surface area contributed by atoms with Gasteiger partial charge in [0, 0.05) is 31.7 Å². The van der Waals surface area contributed by atoms with Crippen molar-refractivity contribution in [3.05, 3.63) is 46.4 Å². The first-order valence-electron chi connectivity index (χ1n) is 7.11. The maximum Gasteiger partial charge on any atom is 0.268 e. The molecule has 2 N–H and O–H groups in total. The van der Waals surface area contributed by atoms with Crippen LogP contribution in [0.3, 0.4) is 0 Å². The zero-order valence-corrected chi connectivity index (χ0v) is 12.9. The van der Waals surface area contributed by atoms with Crippen molar-refractivity contribution >= 4 is 5.91 Å². The number of aromatic amines is 1. The second-order valence-electron chi connectivity index (χ2n) is 4.99. The Morgan fingerprint density at radius 3 is 2.86 bits per heavy atom. The number of pyridine rings is 1. The van der Waals surface area contributed by atoms with Crippen LogP contribution in [-0.2, 0) is 7.05 Å². The molecule has 0 aliphatic heterocycles. The van der Waals surface area contributed by atoms with Crippen molar-refractivity contribution in [1.82, 2.24) is 19.9 Å². The SMILES string of the molecule is CCCC(NC(=O)c1cc(=O)c(OC)c[nH]1)c1nccn1C. The van der Waals surface area contributed by atoms with E-state index in [9.17, 15) is 9.59 Å². The molecule has 0 aromatic carbocycles. The molecule has 1 amide bonds. The summed E-state index contributed by atoms with van der Waals surface area (Å²) in [4.78, 5) is 31.1. The van der Waals surface area contributed by atoms with Gasteiger partial charge in [-0.3, -0.25) is 9.59 Å². The second-order valence-corrected chi connectivity index (χ2v) is 4.99. The molecule has 2 aromatic rings. The standard InChI is InChI=1S/C15H20N4O3/c1-4-5-10(14-16-6-7-19(14)2)18-15(21)11-8-12(20)13(22-3)9-17-11/h6-10H,4-5H2,1-3H3,(H,17,20)(H,18,21). The van der Waals surface area contributed by atoms with E-state index in [4.69, 9.17) is 4.74 Å². The number of hydrogen-bond donors (Lipinski definition) is 2. The van der Waals surface area contributed by atoms with Gasteiger partial charge in [0.2, 0.25) is 5.43 Å². The van der Waals surface area contributed by atoms with Gasteiger partial charge in [0.1, 0.15) is 11.5 Å². The number of aryl methyl sites for hydroxylation is 1. The number of aromatic nitrogens is 3. The van der Waals surface area contributed by atoms with Crippen LogP contribution in [0.2, 0.25) is 0 Å². The topological polar surface area (TPSA) is 89.0 Å². The minimum absolute atomic E-state index is 0.172. The smallest absolute Gasteiger partial charge is 0.268 e. The lowest BCUT2D eigenvalue weighted by atomic mass is 10.1. The number of ether oxygens (including phenoxy) is 1. The van der Waals surface area contributed by atoms with Gasteiger partial charge in [0.15, 0.2) is 5.75 Å². The van der Waals surface area contributed by atoms with Crippen molar-refractivity contribution in [2.75, 3.05) is 7.11 Å². The zero-order chi connectivity index (χ0) is 16.1. The van der Waals surface area contributed by atoms with Crippen LogP contribution in [0.25, 0.3) is 0 Å². The maximum absolute atomic E-state index is 12.3. The third-order valence-electron chi connectivity index (χ3n) is 3.39. The molecule has 1 unspecified atom stereocenters. The lowest BCUT2D eigenvalue weighted by Gasteiger charge is -2.18. The predicted molar refractivity (Wildman–Crippen MR) is 81.9 cm³/mol. The average molecular weight is 304 g/mol. The Balaban J connectivity index is 2.20. The molecular weight excluding hydrogens is 284 g/mol. The average Bonchev–Trinajstić information content (AvgIpc) is 2.92. The molecule has 0 radical (unpaired) electrons. The van der Waals surface area contributed by atoms with E-state index in [1.807, 2.05) is 24.7 Å². The highest BCUT2D eigenvalue weighted by atomic mass is 16.5. The summed E-state index contributed by atoms with van der Waals surface area (Å²) in [5.41, 5.74) is -0.142. The summed E-state index contributed by atoms with van der Waals surface area (Å²) in [5, 5.41) is 2.91. The summed E-state index contributed by atoms with van der Waals surface area (Å²) >= 11 is 0. The fourth-order valence-corrected chi connectivity index (χ4v) is 2.25. The van der Waals surface area contributed by atoms with Crippen LogP contribution in [0.1, 0.15) is 42.1 Å². The Hall–Kier alpha value is -2.57. The molecule has 1 atom stereocenters. The van der Waals surface area contributed by atoms with Crippen LogP contribution >= 0.6 is 0 Å². The highest BCUT2D eigenvalue weighted by Gasteiger charge is 2.19. The van der Waals surface area contributed by atoms with Crippen molar-refractivity contribution in [3.63, 3.8) is 0 Å². The molecule has 7 heteroatoms. The van der Waals surface area contributed by atoms with E-state index in [-0.39, 0.29) is 28.8 Å². The lowest BCUT2D eigenvalue weighted by Crippen LogP contribution is -2.31. The molecule has 2 rings (SSSR count). The van der Waals surface area contributed by atoms with Gasteiger partial charge >= 0.3 is 0 Å². The van der Waals surface area contributed by atoms with Crippen LogP contribution in [0.4, 0.5) is 0 Å². The van der Waals surface area contributed by atoms with E-state index in [0.717, 1.165) is 18.7 Å². The number of methoxy groups -OCH3 is 1. The monoisotopic (exact) mass is 304 g/mol. The van der Waals surface area contributed by atoms with Gasteiger partial charge in [-0.05, 0) is 6.42 Å². The van der Waals surface area contributed by atoms with E-state index in [1.54, 1.807) is 6.20 Å². The molecule has 7 nitrogen and oxygen atoms in total. The van der Waals surface area contributed by atoms with Crippen molar-refractivity contribution in [2.45, 2.75) is 25.8 Å². The zero-order valence-electron chi connectivity index (χ0n) is 12.9. The number of rotatable bonds is 6. The van der Waals surface area contributed by atoms with E-state index in [0.29, 0.717) is 0 Å². The molecule has 118 valence electrons. The molecule has 0 aliphatic rings. The number of H-pyrrole nitrogens is 1. The van der Waals surface area contributed by atoms with Gasteiger partial charge in [-0.25, -0.2) is 4.98 Å². The van der Waals surface area contributed by atoms with Gasteiger partial charge in [-0.1, -0.05) is 13.3 Å². The van der Waals surface area contributed by atoms with Crippen molar-refractivity contribution in [1.29, 1.82) is 0 Å². The van der Waals surface area contributed by atoms with Crippen molar-refractivity contribution in [3.8, 4) is 5.75 Å². The van der Waals surface area contributed by atoms with Gasteiger partial charge in [0.05, 0.1) is 13.2 Å². The first-order chi connectivity index (χ1) is 10.6. The molecule has 0 fully saturated rings. The largest absolute Gasteiger partial charge is 0.491 e. The van der Waals surface area contributed by atoms with Crippen LogP contribution in [-0.4, -0.2) is 27.6 Å². The number of nitrogens with zero attached hydrogens (tertiary/aromatic N) is 2. The number of hydrogen-bond acceptors (Lipinski definition) is 4. The predicted octanol–water partition coefficient (Wildman–Crippen LogP) is 1.39. The van der Waals surface area contributed by atoms with E-state index in [1.165, 1.54) is 19.4 Å². The molecule has 2 aromatic heterocycles. The summed E-state index contributed by atoms with van der Waals surface area (Å²) in [6.07, 6.45) is 6.57. The number of amides is 1. The highest BCUT2D eigenvalue weighted by Crippen LogP contribution is 2.16. The van der Waals surface area contributed by atoms with E-state index in [2.05, 4.69) is 15.3 Å². The first-order valence-corrected chi connectivity index (χ1v) is 7.11. The van der Waals surface area contributed by atoms with Gasteiger partial charge < -0.3 is 19.6 Å². The van der Waals surface area contributed by atoms with E-state index < -0.39 is 0 Å². The van der Waals surface area contributed by atoms with Crippen LogP contribution in [0.5, 0.6) is 5.75 Å². The Bertz CT molecular complexity index is 705. The number of carbonyl (C=O) groups is 1. The summed E-state index contributed by atoms with van der Waals surface area (Å²) < 4.78 is 6.76. The number of nitrogens with one attached hydrogen (secondary N) is 2. The fraction of sp³-hybridized carbons (Fsp3) is 0.400. The second kappa shape index (κ2) is 6.93. The molecular formula is C15H20N4O3. The highest BCUT2D eigenvalue weighted by molar-refractivity contribution is 5.92. The van der Waals surface area contributed by atoms with E-state index >= 15 is 0 Å². The minimum Gasteiger partial charge on any atom is -0.491 e. The quantitative estimate of drug-likeness (QED) is 0.844. The molecule has 2 heterocycles. The number of carbonyl (C=O) groups excluding carboxylic acids is 1. The summed E-state index contributed by atoms with van der Waals surface area (Å²) in [6.45, 7) is 2.04. The summed E-state index contributed by atoms with van der Waals surface area (Å²) in [5.74, 6) is 0.609. The molecule has 0 spiro atoms. The van der Waals surface area contributed by atoms with Crippen LogP contribution in [0.15, 0.2) is 29.5 Å². The summed E-state index contributed by atoms with van der Waals surface area (Å²) in [7, 11) is 3.29. The molecule has 0 bridgehead atoms. The minimum atomic E-state index is -0.346. The lowest BCUT2D eigenvalue weighted by molar-refractivity contribution is 0.0926. The molecule has 0 saturated carbocycles. The Labute approximate surface area is 128 Å². The van der Waals surface area contributed by atoms with Gasteiger partial charge in [-0.15, -0.1) is 0 Å². The third-order valence-corrected chi connectivity index (χ3v) is 3.39. The maximum atomic E-state index is 12.3. The normalized spacial score (nSPS) is 12.0. The molecule has 22 heavy (non-hydrogen) atoms.